The molecule has 0 radical (unpaired) electrons. The molecule has 0 saturated carbocycles. The van der Waals surface area contributed by atoms with Crippen LogP contribution in [0, 0.1) is 0 Å². The van der Waals surface area contributed by atoms with Gasteiger partial charge in [0, 0.05) is 30.2 Å². The molecule has 0 N–H and O–H groups in total. The van der Waals surface area contributed by atoms with E-state index in [4.69, 9.17) is 4.98 Å². The second-order valence-electron chi connectivity index (χ2n) is 8.01. The van der Waals surface area contributed by atoms with Gasteiger partial charge in [-0.1, -0.05) is 54.6 Å². The number of nitrogens with zero attached hydrogens (tertiary/aromatic N) is 6. The number of amides is 1. The lowest BCUT2D eigenvalue weighted by Crippen LogP contribution is -2.38. The van der Waals surface area contributed by atoms with Gasteiger partial charge in [0.25, 0.3) is 5.91 Å². The molecule has 0 atom stereocenters. The first kappa shape index (κ1) is 19.3. The van der Waals surface area contributed by atoms with Crippen LogP contribution < -0.4 is 0 Å². The normalized spacial score (nSPS) is 13.2. The van der Waals surface area contributed by atoms with Gasteiger partial charge in [-0.25, -0.2) is 4.98 Å². The Morgan fingerprint density at radius 1 is 0.788 bits per heavy atom. The average molecular weight is 432 g/mol. The summed E-state index contributed by atoms with van der Waals surface area (Å²) in [7, 11) is 0. The van der Waals surface area contributed by atoms with Crippen LogP contribution in [0.5, 0.6) is 0 Å². The third-order valence-corrected chi connectivity index (χ3v) is 5.95. The summed E-state index contributed by atoms with van der Waals surface area (Å²) in [6.45, 7) is 1.60. The topological polar surface area (TPSA) is 76.8 Å². The Bertz CT molecular complexity index is 1460. The van der Waals surface area contributed by atoms with Crippen LogP contribution >= 0.6 is 0 Å². The van der Waals surface area contributed by atoms with Crippen molar-refractivity contribution in [2.75, 3.05) is 6.54 Å². The fraction of sp³-hybridized carbons (Fsp3) is 0.115. The number of hydrogen-bond donors (Lipinski definition) is 0. The van der Waals surface area contributed by atoms with Crippen LogP contribution in [0.1, 0.15) is 16.2 Å². The Labute approximate surface area is 190 Å². The largest absolute Gasteiger partial charge is 0.329 e. The molecule has 2 aromatic carbocycles. The van der Waals surface area contributed by atoms with Crippen molar-refractivity contribution in [3.8, 4) is 22.8 Å². The third kappa shape index (κ3) is 3.53. The molecule has 33 heavy (non-hydrogen) atoms. The van der Waals surface area contributed by atoms with E-state index in [0.29, 0.717) is 25.2 Å². The summed E-state index contributed by atoms with van der Waals surface area (Å²) in [6.07, 6.45) is 1.65. The monoisotopic (exact) mass is 432 g/mol. The van der Waals surface area contributed by atoms with Crippen molar-refractivity contribution in [2.45, 2.75) is 13.1 Å². The minimum Gasteiger partial charge on any atom is -0.329 e. The number of pyridine rings is 2. The molecule has 0 bridgehead atoms. The van der Waals surface area contributed by atoms with Crippen molar-refractivity contribution < 1.29 is 4.79 Å². The number of rotatable bonds is 3. The fourth-order valence-corrected chi connectivity index (χ4v) is 4.19. The van der Waals surface area contributed by atoms with E-state index in [0.717, 1.165) is 39.5 Å². The molecule has 4 heterocycles. The minimum absolute atomic E-state index is 0.0539. The molecule has 0 spiro atoms. The lowest BCUT2D eigenvalue weighted by atomic mass is 10.1. The molecular formula is C26H20N6O. The molecule has 3 aromatic heterocycles. The maximum Gasteiger partial charge on any atom is 0.255 e. The summed E-state index contributed by atoms with van der Waals surface area (Å²) in [5.41, 5.74) is 4.15. The molecule has 7 nitrogen and oxygen atoms in total. The Morgan fingerprint density at radius 2 is 1.61 bits per heavy atom. The maximum atomic E-state index is 13.1. The molecule has 6 rings (SSSR count). The van der Waals surface area contributed by atoms with Gasteiger partial charge in [-0.2, -0.15) is 0 Å². The van der Waals surface area contributed by atoms with Crippen LogP contribution in [0.2, 0.25) is 0 Å². The zero-order valence-electron chi connectivity index (χ0n) is 17.8. The summed E-state index contributed by atoms with van der Waals surface area (Å²) >= 11 is 0. The molecule has 0 saturated heterocycles. The van der Waals surface area contributed by atoms with E-state index in [1.807, 2.05) is 78.9 Å². The number of carbonyl (C=O) groups excluding carboxylic acids is 1. The van der Waals surface area contributed by atoms with Crippen molar-refractivity contribution >= 4 is 16.8 Å². The van der Waals surface area contributed by atoms with Gasteiger partial charge >= 0.3 is 0 Å². The number of aromatic nitrogens is 5. The second-order valence-corrected chi connectivity index (χ2v) is 8.01. The highest BCUT2D eigenvalue weighted by Gasteiger charge is 2.26. The first-order valence-electron chi connectivity index (χ1n) is 10.9. The second kappa shape index (κ2) is 7.94. The molecule has 5 aromatic rings. The number of para-hydroxylation sites is 1. The van der Waals surface area contributed by atoms with Gasteiger partial charge in [0.05, 0.1) is 23.3 Å². The van der Waals surface area contributed by atoms with Crippen molar-refractivity contribution in [2.24, 2.45) is 0 Å². The van der Waals surface area contributed by atoms with Crippen molar-refractivity contribution in [1.82, 2.24) is 29.6 Å². The van der Waals surface area contributed by atoms with E-state index >= 15 is 0 Å². The highest BCUT2D eigenvalue weighted by molar-refractivity contribution is 5.94. The number of hydrogen-bond acceptors (Lipinski definition) is 5. The molecule has 7 heteroatoms. The van der Waals surface area contributed by atoms with Gasteiger partial charge in [-0.05, 0) is 24.3 Å². The van der Waals surface area contributed by atoms with E-state index in [1.165, 1.54) is 0 Å². The lowest BCUT2D eigenvalue weighted by Gasteiger charge is -2.27. The Morgan fingerprint density at radius 3 is 2.45 bits per heavy atom. The SMILES string of the molecule is O=C(c1ccc(-c2ccccc2)nc1)N1CCn2c(nnc2-c2ccc3ccccc3n2)C1. The van der Waals surface area contributed by atoms with Crippen molar-refractivity contribution in [3.63, 3.8) is 0 Å². The average Bonchev–Trinajstić information content (AvgIpc) is 3.32. The van der Waals surface area contributed by atoms with E-state index < -0.39 is 0 Å². The zero-order chi connectivity index (χ0) is 22.2. The van der Waals surface area contributed by atoms with Crippen molar-refractivity contribution in [1.29, 1.82) is 0 Å². The highest BCUT2D eigenvalue weighted by Crippen LogP contribution is 2.24. The van der Waals surface area contributed by atoms with Crippen LogP contribution in [0.3, 0.4) is 0 Å². The standard InChI is InChI=1S/C26H20N6O/c33-26(20-11-12-21(27-16-20)18-6-2-1-3-7-18)31-14-15-32-24(17-31)29-30-25(32)23-13-10-19-8-4-5-9-22(19)28-23/h1-13,16H,14-15,17H2. The van der Waals surface area contributed by atoms with Gasteiger partial charge in [0.1, 0.15) is 5.69 Å². The molecule has 0 unspecified atom stereocenters. The van der Waals surface area contributed by atoms with Gasteiger partial charge in [0.2, 0.25) is 0 Å². The summed E-state index contributed by atoms with van der Waals surface area (Å²) in [5, 5.41) is 9.83. The van der Waals surface area contributed by atoms with Crippen LogP contribution in [0.4, 0.5) is 0 Å². The lowest BCUT2D eigenvalue weighted by molar-refractivity contribution is 0.0707. The molecule has 0 fully saturated rings. The van der Waals surface area contributed by atoms with E-state index in [2.05, 4.69) is 19.7 Å². The summed E-state index contributed by atoms with van der Waals surface area (Å²) in [4.78, 5) is 24.1. The molecule has 160 valence electrons. The van der Waals surface area contributed by atoms with Gasteiger partial charge in [-0.3, -0.25) is 9.78 Å². The Hall–Kier alpha value is -4.39. The van der Waals surface area contributed by atoms with E-state index in [9.17, 15) is 4.79 Å². The Balaban J connectivity index is 1.22. The quantitative estimate of drug-likeness (QED) is 0.427. The zero-order valence-corrected chi connectivity index (χ0v) is 17.8. The molecular weight excluding hydrogens is 412 g/mol. The molecule has 1 aliphatic rings. The van der Waals surface area contributed by atoms with Gasteiger partial charge in [0.15, 0.2) is 11.6 Å². The van der Waals surface area contributed by atoms with E-state index in [-0.39, 0.29) is 5.91 Å². The fourth-order valence-electron chi connectivity index (χ4n) is 4.19. The van der Waals surface area contributed by atoms with E-state index in [1.54, 1.807) is 11.1 Å². The smallest absolute Gasteiger partial charge is 0.255 e. The van der Waals surface area contributed by atoms with Gasteiger partial charge < -0.3 is 9.47 Å². The summed E-state index contributed by atoms with van der Waals surface area (Å²) in [6, 6.07) is 25.7. The number of benzene rings is 2. The maximum absolute atomic E-state index is 13.1. The van der Waals surface area contributed by atoms with Crippen LogP contribution in [-0.2, 0) is 13.1 Å². The molecule has 0 aliphatic carbocycles. The van der Waals surface area contributed by atoms with Crippen LogP contribution in [0.25, 0.3) is 33.7 Å². The molecule has 1 aliphatic heterocycles. The first-order valence-corrected chi connectivity index (χ1v) is 10.9. The van der Waals surface area contributed by atoms with Crippen molar-refractivity contribution in [3.05, 3.63) is 96.4 Å². The third-order valence-electron chi connectivity index (χ3n) is 5.95. The van der Waals surface area contributed by atoms with Crippen LogP contribution in [0.15, 0.2) is 85.1 Å². The number of fused-ring (bicyclic) bond motifs is 2. The Kier molecular flexibility index (Phi) is 4.65. The van der Waals surface area contributed by atoms with Crippen LogP contribution in [-0.4, -0.2) is 42.1 Å². The summed E-state index contributed by atoms with van der Waals surface area (Å²) < 4.78 is 2.05. The van der Waals surface area contributed by atoms with Gasteiger partial charge in [-0.15, -0.1) is 10.2 Å². The number of carbonyl (C=O) groups is 1. The predicted molar refractivity (Wildman–Crippen MR) is 125 cm³/mol. The highest BCUT2D eigenvalue weighted by atomic mass is 16.2. The predicted octanol–water partition coefficient (Wildman–Crippen LogP) is 4.21. The molecule has 1 amide bonds. The minimum atomic E-state index is -0.0539. The first-order chi connectivity index (χ1) is 16.3. The summed E-state index contributed by atoms with van der Waals surface area (Å²) in [5.74, 6) is 1.44.